The number of hydrogen-bond donors (Lipinski definition) is 2. The van der Waals surface area contributed by atoms with E-state index in [-0.39, 0.29) is 37.4 Å². The van der Waals surface area contributed by atoms with E-state index in [2.05, 4.69) is 5.32 Å². The third-order valence-electron chi connectivity index (χ3n) is 1.44. The van der Waals surface area contributed by atoms with Gasteiger partial charge in [-0.1, -0.05) is 0 Å². The first-order chi connectivity index (χ1) is 6.71. The third-order valence-corrected chi connectivity index (χ3v) is 3.05. The molecule has 2 N–H and O–H groups in total. The molecule has 0 rings (SSSR count). The SMILES string of the molecule is O=S(=O)(O)CCC[N]CCCS(=O)(=O)O. The molecule has 0 heterocycles. The van der Waals surface area contributed by atoms with Gasteiger partial charge in [-0.25, -0.2) is 5.32 Å². The minimum atomic E-state index is -3.94. The predicted octanol–water partition coefficient (Wildman–Crippen LogP) is -0.853. The number of nitrogens with zero attached hydrogens (tertiary/aromatic N) is 1. The van der Waals surface area contributed by atoms with Crippen LogP contribution in [0, 0.1) is 0 Å². The summed E-state index contributed by atoms with van der Waals surface area (Å²) in [6, 6.07) is 0. The van der Waals surface area contributed by atoms with Crippen LogP contribution in [-0.2, 0) is 20.2 Å². The first-order valence-corrected chi connectivity index (χ1v) is 7.46. The fourth-order valence-electron chi connectivity index (χ4n) is 0.829. The van der Waals surface area contributed by atoms with Crippen molar-refractivity contribution in [1.82, 2.24) is 5.32 Å². The summed E-state index contributed by atoms with van der Waals surface area (Å²) < 4.78 is 57.7. The molecule has 0 atom stereocenters. The molecular weight excluding hydrogens is 246 g/mol. The lowest BCUT2D eigenvalue weighted by atomic mass is 10.4. The molecule has 0 bridgehead atoms. The Hall–Kier alpha value is -0.220. The second-order valence-electron chi connectivity index (χ2n) is 2.95. The Bertz CT molecular complexity index is 323. The van der Waals surface area contributed by atoms with Crippen LogP contribution < -0.4 is 5.32 Å². The van der Waals surface area contributed by atoms with Gasteiger partial charge in [0.15, 0.2) is 0 Å². The Labute approximate surface area is 89.4 Å². The highest BCUT2D eigenvalue weighted by Gasteiger charge is 2.05. The monoisotopic (exact) mass is 260 g/mol. The van der Waals surface area contributed by atoms with E-state index in [1.165, 1.54) is 0 Å². The van der Waals surface area contributed by atoms with Crippen LogP contribution in [0.2, 0.25) is 0 Å². The Kier molecular flexibility index (Phi) is 6.29. The number of hydrogen-bond acceptors (Lipinski definition) is 4. The van der Waals surface area contributed by atoms with Crippen LogP contribution in [0.5, 0.6) is 0 Å². The van der Waals surface area contributed by atoms with Gasteiger partial charge in [-0.2, -0.15) is 16.8 Å². The van der Waals surface area contributed by atoms with Gasteiger partial charge in [0.25, 0.3) is 20.2 Å². The minimum Gasteiger partial charge on any atom is -0.286 e. The van der Waals surface area contributed by atoms with Crippen molar-refractivity contribution in [3.05, 3.63) is 0 Å². The van der Waals surface area contributed by atoms with Gasteiger partial charge in [0.05, 0.1) is 11.5 Å². The van der Waals surface area contributed by atoms with Gasteiger partial charge < -0.3 is 0 Å². The molecule has 0 aliphatic carbocycles. The Morgan fingerprint density at radius 1 is 0.800 bits per heavy atom. The zero-order valence-corrected chi connectivity index (χ0v) is 9.67. The quantitative estimate of drug-likeness (QED) is 0.432. The molecule has 7 nitrogen and oxygen atoms in total. The maximum absolute atomic E-state index is 10.3. The van der Waals surface area contributed by atoms with Crippen LogP contribution in [0.4, 0.5) is 0 Å². The standard InChI is InChI=1S/C6H14NO6S2/c8-14(9,10)5-1-3-7-4-2-6-15(11,12)13/h1-6H2,(H,8,9,10)(H,11,12,13). The zero-order valence-electron chi connectivity index (χ0n) is 8.03. The van der Waals surface area contributed by atoms with E-state index in [4.69, 9.17) is 9.11 Å². The molecule has 0 unspecified atom stereocenters. The van der Waals surface area contributed by atoms with Gasteiger partial charge in [-0.3, -0.25) is 9.11 Å². The average Bonchev–Trinajstić information content (AvgIpc) is 1.98. The van der Waals surface area contributed by atoms with Gasteiger partial charge >= 0.3 is 0 Å². The van der Waals surface area contributed by atoms with Gasteiger partial charge in [-0.05, 0) is 12.8 Å². The van der Waals surface area contributed by atoms with Crippen LogP contribution in [0.3, 0.4) is 0 Å². The largest absolute Gasteiger partial charge is 0.286 e. The van der Waals surface area contributed by atoms with Gasteiger partial charge in [0.1, 0.15) is 0 Å². The lowest BCUT2D eigenvalue weighted by Gasteiger charge is -2.00. The van der Waals surface area contributed by atoms with E-state index in [0.29, 0.717) is 0 Å². The maximum Gasteiger partial charge on any atom is 0.264 e. The second kappa shape index (κ2) is 6.38. The third kappa shape index (κ3) is 13.8. The molecule has 1 radical (unpaired) electrons. The van der Waals surface area contributed by atoms with Crippen LogP contribution in [0.15, 0.2) is 0 Å². The second-order valence-corrected chi connectivity index (χ2v) is 6.09. The molecule has 9 heteroatoms. The summed E-state index contributed by atoms with van der Waals surface area (Å²) in [7, 11) is -7.87. The molecule has 0 saturated heterocycles. The Morgan fingerprint density at radius 3 is 1.40 bits per heavy atom. The van der Waals surface area contributed by atoms with Crippen LogP contribution >= 0.6 is 0 Å². The van der Waals surface area contributed by atoms with E-state index in [1.54, 1.807) is 0 Å². The van der Waals surface area contributed by atoms with Crippen molar-refractivity contribution in [3.63, 3.8) is 0 Å². The van der Waals surface area contributed by atoms with Crippen LogP contribution in [0.1, 0.15) is 12.8 Å². The van der Waals surface area contributed by atoms with Gasteiger partial charge in [-0.15, -0.1) is 0 Å². The molecule has 0 saturated carbocycles. The summed E-state index contributed by atoms with van der Waals surface area (Å²) in [6.07, 6.45) is 0.398. The molecule has 91 valence electrons. The molecule has 0 fully saturated rings. The van der Waals surface area contributed by atoms with Crippen molar-refractivity contribution in [1.29, 1.82) is 0 Å². The van der Waals surface area contributed by atoms with Crippen molar-refractivity contribution in [2.24, 2.45) is 0 Å². The average molecular weight is 260 g/mol. The molecular formula is C6H14NO6S2. The minimum absolute atomic E-state index is 0.199. The summed E-state index contributed by atoms with van der Waals surface area (Å²) >= 11 is 0. The highest BCUT2D eigenvalue weighted by atomic mass is 32.2. The molecule has 0 aliphatic rings. The van der Waals surface area contributed by atoms with E-state index in [1.807, 2.05) is 0 Å². The van der Waals surface area contributed by atoms with Crippen molar-refractivity contribution < 1.29 is 25.9 Å². The van der Waals surface area contributed by atoms with Crippen molar-refractivity contribution in [3.8, 4) is 0 Å². The first-order valence-electron chi connectivity index (χ1n) is 4.24. The van der Waals surface area contributed by atoms with Crippen molar-refractivity contribution >= 4 is 20.2 Å². The molecule has 15 heavy (non-hydrogen) atoms. The fraction of sp³-hybridized carbons (Fsp3) is 1.00. The smallest absolute Gasteiger partial charge is 0.264 e. The lowest BCUT2D eigenvalue weighted by Crippen LogP contribution is -2.15. The first kappa shape index (κ1) is 14.8. The molecule has 0 aromatic rings. The normalized spacial score (nSPS) is 12.9. The molecule has 0 aromatic heterocycles. The predicted molar refractivity (Wildman–Crippen MR) is 53.9 cm³/mol. The molecule has 0 spiro atoms. The summed E-state index contributed by atoms with van der Waals surface area (Å²) in [5, 5.41) is 3.83. The van der Waals surface area contributed by atoms with E-state index >= 15 is 0 Å². The number of rotatable bonds is 8. The fourth-order valence-corrected chi connectivity index (χ4v) is 1.82. The van der Waals surface area contributed by atoms with Gasteiger partial charge in [0, 0.05) is 13.1 Å². The Morgan fingerprint density at radius 2 is 1.13 bits per heavy atom. The van der Waals surface area contributed by atoms with Crippen molar-refractivity contribution in [2.45, 2.75) is 12.8 Å². The lowest BCUT2D eigenvalue weighted by molar-refractivity contribution is 0.478. The molecule has 0 aromatic carbocycles. The van der Waals surface area contributed by atoms with E-state index < -0.39 is 20.2 Å². The van der Waals surface area contributed by atoms with Crippen molar-refractivity contribution in [2.75, 3.05) is 24.6 Å². The summed E-state index contributed by atoms with van der Waals surface area (Å²) in [4.78, 5) is 0. The highest BCUT2D eigenvalue weighted by molar-refractivity contribution is 7.86. The maximum atomic E-state index is 10.3. The molecule has 0 amide bonds. The summed E-state index contributed by atoms with van der Waals surface area (Å²) in [5.41, 5.74) is 0. The highest BCUT2D eigenvalue weighted by Crippen LogP contribution is 1.90. The van der Waals surface area contributed by atoms with Crippen LogP contribution in [0.25, 0.3) is 0 Å². The van der Waals surface area contributed by atoms with Gasteiger partial charge in [0.2, 0.25) is 0 Å². The van der Waals surface area contributed by atoms with E-state index in [9.17, 15) is 16.8 Å². The summed E-state index contributed by atoms with van der Waals surface area (Å²) in [5.74, 6) is -0.705. The Balaban J connectivity index is 3.34. The topological polar surface area (TPSA) is 123 Å². The molecule has 0 aliphatic heterocycles. The van der Waals surface area contributed by atoms with E-state index in [0.717, 1.165) is 0 Å². The summed E-state index contributed by atoms with van der Waals surface area (Å²) in [6.45, 7) is 0.483. The van der Waals surface area contributed by atoms with Crippen LogP contribution in [-0.4, -0.2) is 50.5 Å². The zero-order chi connectivity index (χ0) is 11.9.